The van der Waals surface area contributed by atoms with Crippen LogP contribution in [0.1, 0.15) is 16.9 Å². The zero-order valence-electron chi connectivity index (χ0n) is 19.5. The van der Waals surface area contributed by atoms with E-state index >= 15 is 0 Å². The third kappa shape index (κ3) is 5.75. The zero-order chi connectivity index (χ0) is 26.6. The van der Waals surface area contributed by atoms with Crippen molar-refractivity contribution in [1.82, 2.24) is 5.32 Å². The molecule has 1 heterocycles. The van der Waals surface area contributed by atoms with Gasteiger partial charge in [0.2, 0.25) is 11.2 Å². The van der Waals surface area contributed by atoms with Crippen LogP contribution in [0, 0.1) is 0 Å². The number of phenols is 1. The highest BCUT2D eigenvalue weighted by Gasteiger charge is 2.41. The molecule has 1 aromatic heterocycles. The number of para-hydroxylation sites is 1. The molecule has 0 radical (unpaired) electrons. The summed E-state index contributed by atoms with van der Waals surface area (Å²) in [6.45, 7) is -0.297. The van der Waals surface area contributed by atoms with Crippen molar-refractivity contribution in [1.29, 1.82) is 0 Å². The Labute approximate surface area is 209 Å². The monoisotopic (exact) mass is 513 g/mol. The first-order valence-corrected chi connectivity index (χ1v) is 11.2. The first-order chi connectivity index (χ1) is 17.7. The molecule has 10 heteroatoms. The van der Waals surface area contributed by atoms with Crippen LogP contribution in [0.25, 0.3) is 11.0 Å². The molecule has 0 amide bonds. The first kappa shape index (κ1) is 25.8. The maximum atomic E-state index is 13.9. The summed E-state index contributed by atoms with van der Waals surface area (Å²) in [5, 5.41) is 13.1. The summed E-state index contributed by atoms with van der Waals surface area (Å²) in [4.78, 5) is 25.5. The molecule has 4 aromatic rings. The van der Waals surface area contributed by atoms with Crippen LogP contribution in [0.4, 0.5) is 13.2 Å². The normalized spacial score (nSPS) is 12.3. The van der Waals surface area contributed by atoms with Crippen LogP contribution in [0.3, 0.4) is 0 Å². The summed E-state index contributed by atoms with van der Waals surface area (Å²) in [6.07, 6.45) is -4.86. The van der Waals surface area contributed by atoms with Gasteiger partial charge in [-0.25, -0.2) is 0 Å². The number of carbonyl (C=O) groups is 1. The molecule has 2 N–H and O–H groups in total. The van der Waals surface area contributed by atoms with Crippen molar-refractivity contribution < 1.29 is 37.0 Å². The second-order valence-corrected chi connectivity index (χ2v) is 8.09. The Morgan fingerprint density at radius 2 is 1.68 bits per heavy atom. The van der Waals surface area contributed by atoms with Crippen molar-refractivity contribution in [3.05, 3.63) is 99.9 Å². The highest BCUT2D eigenvalue weighted by molar-refractivity contribution is 5.84. The second-order valence-electron chi connectivity index (χ2n) is 8.09. The van der Waals surface area contributed by atoms with Crippen LogP contribution in [-0.2, 0) is 28.7 Å². The Hall–Kier alpha value is -4.31. The lowest BCUT2D eigenvalue weighted by Gasteiger charge is -2.18. The van der Waals surface area contributed by atoms with Crippen LogP contribution in [0.15, 0.2) is 82.0 Å². The fourth-order valence-electron chi connectivity index (χ4n) is 3.80. The molecule has 0 fully saturated rings. The van der Waals surface area contributed by atoms with E-state index in [9.17, 15) is 27.9 Å². The first-order valence-electron chi connectivity index (χ1n) is 11.2. The molecule has 0 unspecified atom stereocenters. The molecule has 0 spiro atoms. The van der Waals surface area contributed by atoms with E-state index in [4.69, 9.17) is 13.9 Å². The quantitative estimate of drug-likeness (QED) is 0.313. The standard InChI is InChI=1S/C27H22F3NO6/c1-35-26(34)20(14-16-8-4-2-5-9-16)31-15-19-21(32)13-12-18-22(33)24(36-17-10-6-3-7-11-17)25(27(28,29)30)37-23(18)19/h2-13,20,31-32H,14-15H2,1H3/t20-/m1/s1. The molecule has 1 atom stereocenters. The van der Waals surface area contributed by atoms with E-state index < -0.39 is 46.5 Å². The number of phenolic OH excluding ortho intramolecular Hbond substituents is 1. The molecule has 4 rings (SSSR count). The summed E-state index contributed by atoms with van der Waals surface area (Å²) in [5.74, 6) is -3.68. The van der Waals surface area contributed by atoms with E-state index in [0.717, 1.165) is 11.6 Å². The van der Waals surface area contributed by atoms with Gasteiger partial charge in [-0.2, -0.15) is 13.2 Å². The second kappa shape index (κ2) is 10.8. The van der Waals surface area contributed by atoms with Gasteiger partial charge in [0, 0.05) is 6.54 Å². The summed E-state index contributed by atoms with van der Waals surface area (Å²) in [5.41, 5.74) is -0.865. The number of ether oxygens (including phenoxy) is 2. The maximum absolute atomic E-state index is 13.9. The Bertz CT molecular complexity index is 1450. The number of methoxy groups -OCH3 is 1. The van der Waals surface area contributed by atoms with E-state index in [2.05, 4.69) is 5.32 Å². The third-order valence-electron chi connectivity index (χ3n) is 5.61. The number of aromatic hydroxyl groups is 1. The van der Waals surface area contributed by atoms with Crippen molar-refractivity contribution in [3.8, 4) is 17.2 Å². The van der Waals surface area contributed by atoms with E-state index in [0.29, 0.717) is 0 Å². The maximum Gasteiger partial charge on any atom is 0.453 e. The number of hydrogen-bond acceptors (Lipinski definition) is 7. The van der Waals surface area contributed by atoms with Crippen LogP contribution >= 0.6 is 0 Å². The van der Waals surface area contributed by atoms with Crippen molar-refractivity contribution >= 4 is 16.9 Å². The molecule has 0 bridgehead atoms. The van der Waals surface area contributed by atoms with Crippen LogP contribution in [0.5, 0.6) is 17.2 Å². The van der Waals surface area contributed by atoms with Gasteiger partial charge in [-0.3, -0.25) is 14.9 Å². The van der Waals surface area contributed by atoms with Crippen molar-refractivity contribution in [2.45, 2.75) is 25.2 Å². The summed E-state index contributed by atoms with van der Waals surface area (Å²) in [7, 11) is 1.21. The van der Waals surface area contributed by atoms with Gasteiger partial charge in [0.15, 0.2) is 0 Å². The molecular weight excluding hydrogens is 491 g/mol. The molecular formula is C27H22F3NO6. The fraction of sp³-hybridized carbons (Fsp3) is 0.185. The van der Waals surface area contributed by atoms with Gasteiger partial charge in [-0.15, -0.1) is 0 Å². The van der Waals surface area contributed by atoms with Crippen molar-refractivity contribution in [2.24, 2.45) is 0 Å². The largest absolute Gasteiger partial charge is 0.507 e. The van der Waals surface area contributed by atoms with Gasteiger partial charge in [0.25, 0.3) is 5.76 Å². The number of hydrogen-bond donors (Lipinski definition) is 2. The Morgan fingerprint density at radius 1 is 1.03 bits per heavy atom. The van der Waals surface area contributed by atoms with Gasteiger partial charge in [-0.1, -0.05) is 48.5 Å². The molecule has 3 aromatic carbocycles. The molecule has 0 aliphatic heterocycles. The van der Waals surface area contributed by atoms with Gasteiger partial charge in [0.1, 0.15) is 23.1 Å². The lowest BCUT2D eigenvalue weighted by atomic mass is 10.0. The van der Waals surface area contributed by atoms with Gasteiger partial charge < -0.3 is 19.0 Å². The summed E-state index contributed by atoms with van der Waals surface area (Å²) < 4.78 is 57.2. The number of fused-ring (bicyclic) bond motifs is 1. The van der Waals surface area contributed by atoms with Crippen molar-refractivity contribution in [2.75, 3.05) is 7.11 Å². The Morgan fingerprint density at radius 3 is 2.30 bits per heavy atom. The number of nitrogens with one attached hydrogen (secondary N) is 1. The molecule has 0 aliphatic carbocycles. The predicted molar refractivity (Wildman–Crippen MR) is 128 cm³/mol. The number of esters is 1. The molecule has 37 heavy (non-hydrogen) atoms. The number of alkyl halides is 3. The third-order valence-corrected chi connectivity index (χ3v) is 5.61. The topological polar surface area (TPSA) is 98.0 Å². The van der Waals surface area contributed by atoms with Gasteiger partial charge in [0.05, 0.1) is 18.1 Å². The highest BCUT2D eigenvalue weighted by atomic mass is 19.4. The molecule has 0 aliphatic rings. The molecule has 7 nitrogen and oxygen atoms in total. The van der Waals surface area contributed by atoms with Gasteiger partial charge in [-0.05, 0) is 36.2 Å². The lowest BCUT2D eigenvalue weighted by Crippen LogP contribution is -2.39. The molecule has 0 saturated carbocycles. The Kier molecular flexibility index (Phi) is 7.49. The van der Waals surface area contributed by atoms with E-state index in [-0.39, 0.29) is 29.7 Å². The average molecular weight is 513 g/mol. The smallest absolute Gasteiger partial charge is 0.453 e. The van der Waals surface area contributed by atoms with E-state index in [1.54, 1.807) is 42.5 Å². The number of carbonyl (C=O) groups excluding carboxylic acids is 1. The number of benzene rings is 3. The fourth-order valence-corrected chi connectivity index (χ4v) is 3.80. The van der Waals surface area contributed by atoms with E-state index in [1.807, 2.05) is 6.07 Å². The SMILES string of the molecule is COC(=O)[C@@H](Cc1ccccc1)NCc1c(O)ccc2c(=O)c(Oc3ccccc3)c(C(F)(F)F)oc12. The van der Waals surface area contributed by atoms with E-state index in [1.165, 1.54) is 25.3 Å². The minimum absolute atomic E-state index is 0.0159. The predicted octanol–water partition coefficient (Wildman–Crippen LogP) is 5.18. The van der Waals surface area contributed by atoms with Gasteiger partial charge >= 0.3 is 12.1 Å². The zero-order valence-corrected chi connectivity index (χ0v) is 19.5. The average Bonchev–Trinajstić information content (AvgIpc) is 2.88. The van der Waals surface area contributed by atoms with Crippen LogP contribution < -0.4 is 15.5 Å². The number of halogens is 3. The minimum Gasteiger partial charge on any atom is -0.507 e. The van der Waals surface area contributed by atoms with Crippen molar-refractivity contribution in [3.63, 3.8) is 0 Å². The van der Waals surface area contributed by atoms with Crippen LogP contribution in [0.2, 0.25) is 0 Å². The lowest BCUT2D eigenvalue weighted by molar-refractivity contribution is -0.154. The number of rotatable bonds is 8. The van der Waals surface area contributed by atoms with Crippen LogP contribution in [-0.4, -0.2) is 24.2 Å². The molecule has 192 valence electrons. The summed E-state index contributed by atoms with van der Waals surface area (Å²) in [6, 6.07) is 18.0. The summed E-state index contributed by atoms with van der Waals surface area (Å²) >= 11 is 0. The minimum atomic E-state index is -5.07. The Balaban J connectivity index is 1.76. The highest BCUT2D eigenvalue weighted by Crippen LogP contribution is 2.39. The molecule has 0 saturated heterocycles.